The van der Waals surface area contributed by atoms with Gasteiger partial charge >= 0.3 is 0 Å². The van der Waals surface area contributed by atoms with Gasteiger partial charge in [0.25, 0.3) is 0 Å². The van der Waals surface area contributed by atoms with Crippen molar-refractivity contribution in [2.75, 3.05) is 52.5 Å². The molecule has 0 spiro atoms. The zero-order chi connectivity index (χ0) is 17.9. The molecule has 1 aromatic carbocycles. The number of rotatable bonds is 8. The van der Waals surface area contributed by atoms with Crippen LogP contribution in [0.5, 0.6) is 5.75 Å². The van der Waals surface area contributed by atoms with Crippen molar-refractivity contribution in [2.45, 2.75) is 20.0 Å². The summed E-state index contributed by atoms with van der Waals surface area (Å²) in [6.07, 6.45) is -0.00611. The molecule has 2 N–H and O–H groups in total. The first kappa shape index (κ1) is 23.5. The third kappa shape index (κ3) is 8.88. The maximum Gasteiger partial charge on any atom is 0.191 e. The van der Waals surface area contributed by atoms with E-state index >= 15 is 0 Å². The van der Waals surface area contributed by atoms with Crippen LogP contribution in [0.15, 0.2) is 33.7 Å². The highest BCUT2D eigenvalue weighted by Gasteiger charge is 2.10. The summed E-state index contributed by atoms with van der Waals surface area (Å²) in [5.74, 6) is 1.67. The van der Waals surface area contributed by atoms with Gasteiger partial charge in [0.05, 0.1) is 24.2 Å². The number of morpholine rings is 1. The van der Waals surface area contributed by atoms with Gasteiger partial charge in [0.15, 0.2) is 5.96 Å². The van der Waals surface area contributed by atoms with Gasteiger partial charge in [0, 0.05) is 32.7 Å². The van der Waals surface area contributed by atoms with Crippen LogP contribution < -0.4 is 15.4 Å². The third-order valence-corrected chi connectivity index (χ3v) is 4.49. The standard InChI is InChI=1S/C18H29BrN4O2.HI/c1-3-20-18(21-8-9-23-10-12-24-13-11-23)22-14-15(2)25-17-7-5-4-6-16(17)19;/h4-7,15H,3,8-14H2,1-2H3,(H2,20,21,22);1H. The molecule has 2 rings (SSSR count). The summed E-state index contributed by atoms with van der Waals surface area (Å²) in [5.41, 5.74) is 0. The molecule has 1 aromatic rings. The molecular formula is C18H30BrIN4O2. The number of guanidine groups is 1. The van der Waals surface area contributed by atoms with Crippen LogP contribution in [0.1, 0.15) is 13.8 Å². The Labute approximate surface area is 182 Å². The zero-order valence-electron chi connectivity index (χ0n) is 15.5. The van der Waals surface area contributed by atoms with Gasteiger partial charge in [-0.25, -0.2) is 4.99 Å². The number of nitrogens with one attached hydrogen (secondary N) is 2. The predicted molar refractivity (Wildman–Crippen MR) is 121 cm³/mol. The van der Waals surface area contributed by atoms with Gasteiger partial charge in [0.1, 0.15) is 11.9 Å². The molecule has 8 heteroatoms. The van der Waals surface area contributed by atoms with Gasteiger partial charge in [-0.2, -0.15) is 0 Å². The van der Waals surface area contributed by atoms with Crippen molar-refractivity contribution >= 4 is 45.9 Å². The average Bonchev–Trinajstić information content (AvgIpc) is 2.62. The number of hydrogen-bond acceptors (Lipinski definition) is 4. The fourth-order valence-electron chi connectivity index (χ4n) is 2.51. The molecule has 1 unspecified atom stereocenters. The Kier molecular flexibility index (Phi) is 12.2. The summed E-state index contributed by atoms with van der Waals surface area (Å²) in [6.45, 7) is 11.1. The molecular weight excluding hydrogens is 511 g/mol. The van der Waals surface area contributed by atoms with E-state index in [0.717, 1.165) is 62.1 Å². The molecule has 1 saturated heterocycles. The fraction of sp³-hybridized carbons (Fsp3) is 0.611. The summed E-state index contributed by atoms with van der Waals surface area (Å²) >= 11 is 3.50. The van der Waals surface area contributed by atoms with E-state index in [-0.39, 0.29) is 30.1 Å². The lowest BCUT2D eigenvalue weighted by Gasteiger charge is -2.26. The van der Waals surface area contributed by atoms with Crippen molar-refractivity contribution in [3.8, 4) is 5.75 Å². The highest BCUT2D eigenvalue weighted by atomic mass is 127. The van der Waals surface area contributed by atoms with Crippen molar-refractivity contribution in [1.29, 1.82) is 0 Å². The topological polar surface area (TPSA) is 58.1 Å². The molecule has 26 heavy (non-hydrogen) atoms. The molecule has 1 aliphatic rings. The lowest BCUT2D eigenvalue weighted by Crippen LogP contribution is -2.44. The van der Waals surface area contributed by atoms with Crippen molar-refractivity contribution < 1.29 is 9.47 Å². The largest absolute Gasteiger partial charge is 0.488 e. The smallest absolute Gasteiger partial charge is 0.191 e. The Morgan fingerprint density at radius 1 is 1.31 bits per heavy atom. The molecule has 0 aliphatic carbocycles. The fourth-order valence-corrected chi connectivity index (χ4v) is 2.89. The van der Waals surface area contributed by atoms with Crippen molar-refractivity contribution in [3.05, 3.63) is 28.7 Å². The van der Waals surface area contributed by atoms with Crippen LogP contribution in [-0.2, 0) is 4.74 Å². The summed E-state index contributed by atoms with van der Waals surface area (Å²) in [5, 5.41) is 6.67. The van der Waals surface area contributed by atoms with Crippen molar-refractivity contribution in [3.63, 3.8) is 0 Å². The normalized spacial score (nSPS) is 16.5. The van der Waals surface area contributed by atoms with E-state index in [1.54, 1.807) is 0 Å². The highest BCUT2D eigenvalue weighted by molar-refractivity contribution is 14.0. The van der Waals surface area contributed by atoms with Crippen LogP contribution in [0.4, 0.5) is 0 Å². The zero-order valence-corrected chi connectivity index (χ0v) is 19.5. The lowest BCUT2D eigenvalue weighted by molar-refractivity contribution is 0.0389. The van der Waals surface area contributed by atoms with E-state index in [4.69, 9.17) is 9.47 Å². The Hall–Kier alpha value is -0.580. The molecule has 1 heterocycles. The Morgan fingerprint density at radius 2 is 2.04 bits per heavy atom. The number of aliphatic imine (C=N–C) groups is 1. The van der Waals surface area contributed by atoms with Crippen LogP contribution in [0.3, 0.4) is 0 Å². The van der Waals surface area contributed by atoms with Crippen LogP contribution in [0.2, 0.25) is 0 Å². The van der Waals surface area contributed by atoms with E-state index in [0.29, 0.717) is 6.54 Å². The van der Waals surface area contributed by atoms with Gasteiger partial charge in [-0.15, -0.1) is 24.0 Å². The van der Waals surface area contributed by atoms with E-state index < -0.39 is 0 Å². The molecule has 1 atom stereocenters. The highest BCUT2D eigenvalue weighted by Crippen LogP contribution is 2.24. The molecule has 6 nitrogen and oxygen atoms in total. The first-order valence-electron chi connectivity index (χ1n) is 8.92. The second-order valence-corrected chi connectivity index (χ2v) is 6.81. The number of ether oxygens (including phenoxy) is 2. The summed E-state index contributed by atoms with van der Waals surface area (Å²) in [7, 11) is 0. The minimum atomic E-state index is -0.00611. The molecule has 1 aliphatic heterocycles. The Bertz CT molecular complexity index is 542. The van der Waals surface area contributed by atoms with Gasteiger partial charge in [-0.1, -0.05) is 12.1 Å². The number of hydrogen-bond donors (Lipinski definition) is 2. The second-order valence-electron chi connectivity index (χ2n) is 5.96. The van der Waals surface area contributed by atoms with Crippen molar-refractivity contribution in [2.24, 2.45) is 4.99 Å². The minimum absolute atomic E-state index is 0. The summed E-state index contributed by atoms with van der Waals surface area (Å²) in [4.78, 5) is 7.03. The SMILES string of the molecule is CCNC(=NCC(C)Oc1ccccc1Br)NCCN1CCOCC1.I. The maximum atomic E-state index is 5.94. The van der Waals surface area contributed by atoms with Crippen molar-refractivity contribution in [1.82, 2.24) is 15.5 Å². The van der Waals surface area contributed by atoms with Gasteiger partial charge in [-0.05, 0) is 41.9 Å². The number of halogens is 2. The maximum absolute atomic E-state index is 5.94. The van der Waals surface area contributed by atoms with Gasteiger partial charge in [-0.3, -0.25) is 4.90 Å². The molecule has 0 amide bonds. The van der Waals surface area contributed by atoms with Crippen LogP contribution in [0.25, 0.3) is 0 Å². The number of benzene rings is 1. The average molecular weight is 541 g/mol. The van der Waals surface area contributed by atoms with E-state index in [9.17, 15) is 0 Å². The van der Waals surface area contributed by atoms with Crippen LogP contribution in [0, 0.1) is 0 Å². The first-order chi connectivity index (χ1) is 12.2. The molecule has 0 aromatic heterocycles. The monoisotopic (exact) mass is 540 g/mol. The van der Waals surface area contributed by atoms with E-state index in [2.05, 4.69) is 43.4 Å². The van der Waals surface area contributed by atoms with Gasteiger partial charge in [0.2, 0.25) is 0 Å². The second kappa shape index (κ2) is 13.6. The molecule has 0 saturated carbocycles. The van der Waals surface area contributed by atoms with Gasteiger partial charge < -0.3 is 20.1 Å². The lowest BCUT2D eigenvalue weighted by atomic mass is 10.3. The van der Waals surface area contributed by atoms with E-state index in [1.165, 1.54) is 0 Å². The molecule has 0 bridgehead atoms. The first-order valence-corrected chi connectivity index (χ1v) is 9.71. The Balaban J connectivity index is 0.00000338. The summed E-state index contributed by atoms with van der Waals surface area (Å²) < 4.78 is 12.3. The van der Waals surface area contributed by atoms with E-state index in [1.807, 2.05) is 31.2 Å². The third-order valence-electron chi connectivity index (χ3n) is 3.84. The number of nitrogens with zero attached hydrogens (tertiary/aromatic N) is 2. The molecule has 148 valence electrons. The van der Waals surface area contributed by atoms with Crippen LogP contribution >= 0.6 is 39.9 Å². The predicted octanol–water partition coefficient (Wildman–Crippen LogP) is 2.72. The molecule has 1 fully saturated rings. The van der Waals surface area contributed by atoms with Crippen LogP contribution in [-0.4, -0.2) is 69.4 Å². The quantitative estimate of drug-likeness (QED) is 0.302. The number of para-hydroxylation sites is 1. The molecule has 0 radical (unpaired) electrons. The minimum Gasteiger partial charge on any atom is -0.488 e. The summed E-state index contributed by atoms with van der Waals surface area (Å²) in [6, 6.07) is 7.87. The Morgan fingerprint density at radius 3 is 2.73 bits per heavy atom.